The average molecular weight is 231 g/mol. The maximum Gasteiger partial charge on any atom is 0.343 e. The summed E-state index contributed by atoms with van der Waals surface area (Å²) in [6, 6.07) is 9.03. The summed E-state index contributed by atoms with van der Waals surface area (Å²) in [4.78, 5) is 20.3. The summed E-state index contributed by atoms with van der Waals surface area (Å²) in [5.74, 6) is 0. The summed E-state index contributed by atoms with van der Waals surface area (Å²) in [5.41, 5.74) is 4.61. The summed E-state index contributed by atoms with van der Waals surface area (Å²) in [7, 11) is 1.38. The minimum atomic E-state index is -0.414. The van der Waals surface area contributed by atoms with Crippen LogP contribution in [0.15, 0.2) is 30.3 Å². The van der Waals surface area contributed by atoms with E-state index in [0.717, 1.165) is 16.6 Å². The molecule has 0 bridgehead atoms. The van der Waals surface area contributed by atoms with E-state index < -0.39 is 6.03 Å². The Morgan fingerprint density at radius 1 is 1.35 bits per heavy atom. The topological polar surface area (TPSA) is 63.2 Å². The second-order valence-corrected chi connectivity index (χ2v) is 3.59. The summed E-state index contributed by atoms with van der Waals surface area (Å²) in [6.07, 6.45) is 0. The monoisotopic (exact) mass is 231 g/mol. The smallest absolute Gasteiger partial charge is 0.305 e. The highest BCUT2D eigenvalue weighted by Crippen LogP contribution is 2.22. The average Bonchev–Trinajstić information content (AvgIpc) is 2.29. The molecule has 0 saturated carbocycles. The zero-order valence-corrected chi connectivity index (χ0v) is 9.65. The number of benzene rings is 1. The minimum Gasteiger partial charge on any atom is -0.305 e. The number of para-hydroxylation sites is 1. The molecule has 0 radical (unpaired) electrons. The van der Waals surface area contributed by atoms with E-state index in [1.165, 1.54) is 7.11 Å². The number of urea groups is 1. The van der Waals surface area contributed by atoms with Crippen LogP contribution in [0.2, 0.25) is 0 Å². The number of amides is 2. The Balaban J connectivity index is 2.42. The molecule has 0 saturated heterocycles. The number of nitrogens with one attached hydrogen (secondary N) is 2. The fourth-order valence-electron chi connectivity index (χ4n) is 1.65. The second-order valence-electron chi connectivity index (χ2n) is 3.59. The maximum atomic E-state index is 11.4. The van der Waals surface area contributed by atoms with Crippen LogP contribution in [0, 0.1) is 6.92 Å². The molecule has 0 fully saturated rings. The standard InChI is InChI=1S/C12H13N3O2/c1-8-7-11(14-12(16)15-17-2)9-5-3-4-6-10(9)13-8/h3-7H,1-2H3,(H2,13,14,15,16). The molecule has 0 unspecified atom stereocenters. The molecule has 17 heavy (non-hydrogen) atoms. The van der Waals surface area contributed by atoms with Crippen molar-refractivity contribution in [2.24, 2.45) is 0 Å². The van der Waals surface area contributed by atoms with Gasteiger partial charge in [0.25, 0.3) is 0 Å². The summed E-state index contributed by atoms with van der Waals surface area (Å²) < 4.78 is 0. The molecule has 2 aromatic rings. The van der Waals surface area contributed by atoms with Gasteiger partial charge in [-0.25, -0.2) is 10.3 Å². The third-order valence-electron chi connectivity index (χ3n) is 2.29. The molecule has 0 aliphatic rings. The minimum absolute atomic E-state index is 0.414. The van der Waals surface area contributed by atoms with Gasteiger partial charge in [0, 0.05) is 11.1 Å². The number of aromatic nitrogens is 1. The number of fused-ring (bicyclic) bond motifs is 1. The van der Waals surface area contributed by atoms with Crippen molar-refractivity contribution in [3.63, 3.8) is 0 Å². The zero-order valence-electron chi connectivity index (χ0n) is 9.65. The normalized spacial score (nSPS) is 10.2. The summed E-state index contributed by atoms with van der Waals surface area (Å²) in [5, 5.41) is 3.60. The fourth-order valence-corrected chi connectivity index (χ4v) is 1.65. The van der Waals surface area contributed by atoms with Gasteiger partial charge in [0.05, 0.1) is 18.3 Å². The highest BCUT2D eigenvalue weighted by atomic mass is 16.6. The molecule has 1 aromatic carbocycles. The van der Waals surface area contributed by atoms with E-state index in [9.17, 15) is 4.79 Å². The number of nitrogens with zero attached hydrogens (tertiary/aromatic N) is 1. The molecule has 2 N–H and O–H groups in total. The number of aryl methyl sites for hydroxylation is 1. The van der Waals surface area contributed by atoms with Crippen LogP contribution in [0.1, 0.15) is 5.69 Å². The number of hydrogen-bond acceptors (Lipinski definition) is 3. The van der Waals surface area contributed by atoms with Gasteiger partial charge in [0.1, 0.15) is 0 Å². The van der Waals surface area contributed by atoms with Crippen molar-refractivity contribution in [1.82, 2.24) is 10.5 Å². The van der Waals surface area contributed by atoms with Gasteiger partial charge in [0.15, 0.2) is 0 Å². The van der Waals surface area contributed by atoms with Crippen LogP contribution >= 0.6 is 0 Å². The highest BCUT2D eigenvalue weighted by molar-refractivity contribution is 6.00. The van der Waals surface area contributed by atoms with Crippen molar-refractivity contribution in [3.8, 4) is 0 Å². The Kier molecular flexibility index (Phi) is 3.20. The molecule has 0 spiro atoms. The number of hydrogen-bond donors (Lipinski definition) is 2. The van der Waals surface area contributed by atoms with Gasteiger partial charge in [-0.05, 0) is 19.1 Å². The van der Waals surface area contributed by atoms with E-state index in [1.807, 2.05) is 37.3 Å². The van der Waals surface area contributed by atoms with Crippen LogP contribution in [0.4, 0.5) is 10.5 Å². The lowest BCUT2D eigenvalue weighted by Gasteiger charge is -2.09. The fraction of sp³-hybridized carbons (Fsp3) is 0.167. The molecule has 1 heterocycles. The van der Waals surface area contributed by atoms with Gasteiger partial charge in [-0.2, -0.15) is 0 Å². The Morgan fingerprint density at radius 2 is 2.12 bits per heavy atom. The van der Waals surface area contributed by atoms with Crippen molar-refractivity contribution >= 4 is 22.6 Å². The van der Waals surface area contributed by atoms with Crippen molar-refractivity contribution in [2.45, 2.75) is 6.92 Å². The first-order chi connectivity index (χ1) is 8.20. The predicted octanol–water partition coefficient (Wildman–Crippen LogP) is 2.23. The largest absolute Gasteiger partial charge is 0.343 e. The van der Waals surface area contributed by atoms with E-state index in [1.54, 1.807) is 0 Å². The molecule has 5 heteroatoms. The van der Waals surface area contributed by atoms with Crippen LogP contribution in [-0.2, 0) is 4.84 Å². The zero-order chi connectivity index (χ0) is 12.3. The van der Waals surface area contributed by atoms with Crippen molar-refractivity contribution in [3.05, 3.63) is 36.0 Å². The number of pyridine rings is 1. The first kappa shape index (κ1) is 11.3. The van der Waals surface area contributed by atoms with Crippen LogP contribution in [0.25, 0.3) is 10.9 Å². The van der Waals surface area contributed by atoms with E-state index in [2.05, 4.69) is 20.6 Å². The molecule has 2 amide bonds. The second kappa shape index (κ2) is 4.80. The lowest BCUT2D eigenvalue weighted by Crippen LogP contribution is -2.27. The number of carbonyl (C=O) groups is 1. The Morgan fingerprint density at radius 3 is 2.88 bits per heavy atom. The van der Waals surface area contributed by atoms with Crippen LogP contribution in [-0.4, -0.2) is 18.1 Å². The SMILES string of the molecule is CONC(=O)Nc1cc(C)nc2ccccc12. The van der Waals surface area contributed by atoms with Crippen molar-refractivity contribution < 1.29 is 9.63 Å². The van der Waals surface area contributed by atoms with Crippen molar-refractivity contribution in [1.29, 1.82) is 0 Å². The van der Waals surface area contributed by atoms with Crippen LogP contribution in [0.3, 0.4) is 0 Å². The Labute approximate surface area is 98.8 Å². The van der Waals surface area contributed by atoms with E-state index >= 15 is 0 Å². The molecule has 0 atom stereocenters. The third kappa shape index (κ3) is 2.51. The third-order valence-corrected chi connectivity index (χ3v) is 2.29. The highest BCUT2D eigenvalue weighted by Gasteiger charge is 2.06. The number of hydroxylamine groups is 1. The van der Waals surface area contributed by atoms with Gasteiger partial charge in [-0.1, -0.05) is 18.2 Å². The molecule has 2 rings (SSSR count). The van der Waals surface area contributed by atoms with E-state index in [-0.39, 0.29) is 0 Å². The summed E-state index contributed by atoms with van der Waals surface area (Å²) in [6.45, 7) is 1.88. The first-order valence-electron chi connectivity index (χ1n) is 5.17. The van der Waals surface area contributed by atoms with Gasteiger partial charge in [-0.3, -0.25) is 9.82 Å². The molecule has 5 nitrogen and oxygen atoms in total. The van der Waals surface area contributed by atoms with Crippen LogP contribution < -0.4 is 10.8 Å². The lowest BCUT2D eigenvalue weighted by atomic mass is 10.1. The van der Waals surface area contributed by atoms with Crippen LogP contribution in [0.5, 0.6) is 0 Å². The molecule has 1 aromatic heterocycles. The Hall–Kier alpha value is -2.14. The van der Waals surface area contributed by atoms with E-state index in [0.29, 0.717) is 5.69 Å². The molecule has 0 aliphatic heterocycles. The first-order valence-corrected chi connectivity index (χ1v) is 5.17. The van der Waals surface area contributed by atoms with Gasteiger partial charge >= 0.3 is 6.03 Å². The van der Waals surface area contributed by atoms with Gasteiger partial charge in [0.2, 0.25) is 0 Å². The quantitative estimate of drug-likeness (QED) is 0.779. The number of anilines is 1. The maximum absolute atomic E-state index is 11.4. The van der Waals surface area contributed by atoms with Gasteiger partial charge < -0.3 is 5.32 Å². The lowest BCUT2D eigenvalue weighted by molar-refractivity contribution is 0.114. The summed E-state index contributed by atoms with van der Waals surface area (Å²) >= 11 is 0. The number of rotatable bonds is 2. The molecule has 88 valence electrons. The number of carbonyl (C=O) groups excluding carboxylic acids is 1. The molecular formula is C12H13N3O2. The van der Waals surface area contributed by atoms with Crippen molar-refractivity contribution in [2.75, 3.05) is 12.4 Å². The predicted molar refractivity (Wildman–Crippen MR) is 65.6 cm³/mol. The van der Waals surface area contributed by atoms with Gasteiger partial charge in [-0.15, -0.1) is 0 Å². The Bertz CT molecular complexity index is 554. The molecule has 0 aliphatic carbocycles. The molecular weight excluding hydrogens is 218 g/mol. The van der Waals surface area contributed by atoms with E-state index in [4.69, 9.17) is 0 Å².